The highest BCUT2D eigenvalue weighted by Gasteiger charge is 2.21. The SMILES string of the molecule is CCCCCC[C@@H](NS(=O)(=O)c1ccc(C)cc1)c1ccc(Cl)cc1. The van der Waals surface area contributed by atoms with E-state index in [1.165, 1.54) is 0 Å². The lowest BCUT2D eigenvalue weighted by molar-refractivity contribution is 0.513. The van der Waals surface area contributed by atoms with Crippen LogP contribution in [0.25, 0.3) is 0 Å². The lowest BCUT2D eigenvalue weighted by atomic mass is 10.0. The average molecular weight is 380 g/mol. The third-order valence-corrected chi connectivity index (χ3v) is 5.99. The quantitative estimate of drug-likeness (QED) is 0.573. The van der Waals surface area contributed by atoms with Crippen LogP contribution in [0.5, 0.6) is 0 Å². The molecule has 0 unspecified atom stereocenters. The molecule has 0 fully saturated rings. The van der Waals surface area contributed by atoms with Crippen molar-refractivity contribution in [3.8, 4) is 0 Å². The van der Waals surface area contributed by atoms with Crippen LogP contribution in [0.2, 0.25) is 5.02 Å². The minimum absolute atomic E-state index is 0.250. The molecule has 2 aromatic carbocycles. The zero-order chi connectivity index (χ0) is 18.3. The summed E-state index contributed by atoms with van der Waals surface area (Å²) in [5.74, 6) is 0. The normalized spacial score (nSPS) is 12.9. The highest BCUT2D eigenvalue weighted by atomic mass is 35.5. The predicted molar refractivity (Wildman–Crippen MR) is 104 cm³/mol. The maximum atomic E-state index is 12.7. The molecule has 0 amide bonds. The van der Waals surface area contributed by atoms with E-state index in [0.717, 1.165) is 43.2 Å². The molecule has 2 aromatic rings. The van der Waals surface area contributed by atoms with E-state index in [9.17, 15) is 8.42 Å². The molecule has 0 spiro atoms. The molecule has 0 aliphatic carbocycles. The summed E-state index contributed by atoms with van der Waals surface area (Å²) in [6, 6.07) is 14.1. The molecule has 0 saturated carbocycles. The minimum Gasteiger partial charge on any atom is -0.207 e. The first-order valence-corrected chi connectivity index (χ1v) is 10.6. The van der Waals surface area contributed by atoms with Crippen LogP contribution in [0.3, 0.4) is 0 Å². The van der Waals surface area contributed by atoms with Crippen LogP contribution in [0.4, 0.5) is 0 Å². The molecule has 1 atom stereocenters. The molecular weight excluding hydrogens is 354 g/mol. The molecule has 0 heterocycles. The van der Waals surface area contributed by atoms with Crippen molar-refractivity contribution in [3.63, 3.8) is 0 Å². The molecule has 2 rings (SSSR count). The number of rotatable bonds is 9. The van der Waals surface area contributed by atoms with Gasteiger partial charge >= 0.3 is 0 Å². The molecule has 3 nitrogen and oxygen atoms in total. The lowest BCUT2D eigenvalue weighted by Crippen LogP contribution is -2.28. The third-order valence-electron chi connectivity index (χ3n) is 4.25. The number of unbranched alkanes of at least 4 members (excludes halogenated alkanes) is 3. The van der Waals surface area contributed by atoms with Crippen molar-refractivity contribution in [2.45, 2.75) is 56.9 Å². The van der Waals surface area contributed by atoms with Crippen LogP contribution in [0.15, 0.2) is 53.4 Å². The van der Waals surface area contributed by atoms with Gasteiger partial charge in [-0.25, -0.2) is 13.1 Å². The Hall–Kier alpha value is -1.36. The predicted octanol–water partition coefficient (Wildman–Crippen LogP) is 5.64. The Morgan fingerprint density at radius 2 is 1.60 bits per heavy atom. The van der Waals surface area contributed by atoms with Gasteiger partial charge in [0.1, 0.15) is 0 Å². The molecule has 0 saturated heterocycles. The van der Waals surface area contributed by atoms with Crippen LogP contribution >= 0.6 is 11.6 Å². The number of benzene rings is 2. The van der Waals surface area contributed by atoms with Crippen molar-refractivity contribution in [3.05, 3.63) is 64.7 Å². The fourth-order valence-corrected chi connectivity index (χ4v) is 4.12. The Balaban J connectivity index is 2.18. The van der Waals surface area contributed by atoms with Gasteiger partial charge in [0.15, 0.2) is 0 Å². The second-order valence-corrected chi connectivity index (χ2v) is 8.54. The summed E-state index contributed by atoms with van der Waals surface area (Å²) in [5.41, 5.74) is 1.98. The summed E-state index contributed by atoms with van der Waals surface area (Å²) in [7, 11) is -3.56. The standard InChI is InChI=1S/C20H26ClNO2S/c1-3-4-5-6-7-20(17-10-12-18(21)13-11-17)22-25(23,24)19-14-8-16(2)9-15-19/h8-15,20,22H,3-7H2,1-2H3/t20-/m1/s1. The highest BCUT2D eigenvalue weighted by Crippen LogP contribution is 2.24. The first-order chi connectivity index (χ1) is 11.9. The Morgan fingerprint density at radius 3 is 2.20 bits per heavy atom. The molecule has 1 N–H and O–H groups in total. The first-order valence-electron chi connectivity index (χ1n) is 8.77. The maximum absolute atomic E-state index is 12.7. The lowest BCUT2D eigenvalue weighted by Gasteiger charge is -2.19. The second kappa shape index (κ2) is 9.37. The molecule has 0 aromatic heterocycles. The maximum Gasteiger partial charge on any atom is 0.241 e. The van der Waals surface area contributed by atoms with E-state index in [-0.39, 0.29) is 6.04 Å². The number of hydrogen-bond donors (Lipinski definition) is 1. The van der Waals surface area contributed by atoms with E-state index in [1.807, 2.05) is 31.2 Å². The van der Waals surface area contributed by atoms with Crippen molar-refractivity contribution in [2.75, 3.05) is 0 Å². The molecule has 25 heavy (non-hydrogen) atoms. The zero-order valence-electron chi connectivity index (χ0n) is 14.8. The number of hydrogen-bond acceptors (Lipinski definition) is 2. The Kier molecular flexibility index (Phi) is 7.48. The van der Waals surface area contributed by atoms with E-state index in [4.69, 9.17) is 11.6 Å². The summed E-state index contributed by atoms with van der Waals surface area (Å²) in [4.78, 5) is 0.297. The average Bonchev–Trinajstić information content (AvgIpc) is 2.59. The largest absolute Gasteiger partial charge is 0.241 e. The van der Waals surface area contributed by atoms with Gasteiger partial charge in [-0.15, -0.1) is 0 Å². The fraction of sp³-hybridized carbons (Fsp3) is 0.400. The minimum atomic E-state index is -3.56. The van der Waals surface area contributed by atoms with E-state index in [1.54, 1.807) is 24.3 Å². The van der Waals surface area contributed by atoms with Crippen LogP contribution in [-0.2, 0) is 10.0 Å². The number of aryl methyl sites for hydroxylation is 1. The third kappa shape index (κ3) is 6.14. The molecule has 136 valence electrons. The van der Waals surface area contributed by atoms with Crippen molar-refractivity contribution >= 4 is 21.6 Å². The molecule has 0 bridgehead atoms. The Labute approximate surface area is 156 Å². The van der Waals surface area contributed by atoms with E-state index < -0.39 is 10.0 Å². The van der Waals surface area contributed by atoms with Gasteiger partial charge < -0.3 is 0 Å². The monoisotopic (exact) mass is 379 g/mol. The van der Waals surface area contributed by atoms with Gasteiger partial charge in [-0.3, -0.25) is 0 Å². The number of sulfonamides is 1. The topological polar surface area (TPSA) is 46.2 Å². The molecule has 5 heteroatoms. The summed E-state index contributed by atoms with van der Waals surface area (Å²) >= 11 is 5.97. The van der Waals surface area contributed by atoms with Gasteiger partial charge in [0, 0.05) is 11.1 Å². The first kappa shape index (κ1) is 20.0. The Bertz CT molecular complexity index is 755. The van der Waals surface area contributed by atoms with Gasteiger partial charge in [-0.2, -0.15) is 0 Å². The highest BCUT2D eigenvalue weighted by molar-refractivity contribution is 7.89. The van der Waals surface area contributed by atoms with E-state index in [0.29, 0.717) is 9.92 Å². The van der Waals surface area contributed by atoms with Crippen molar-refractivity contribution in [1.82, 2.24) is 4.72 Å². The smallest absolute Gasteiger partial charge is 0.207 e. The van der Waals surface area contributed by atoms with Gasteiger partial charge in [0.05, 0.1) is 4.90 Å². The molecule has 0 aliphatic rings. The summed E-state index contributed by atoms with van der Waals surface area (Å²) in [6.45, 7) is 4.10. The van der Waals surface area contributed by atoms with Gasteiger partial charge in [0.25, 0.3) is 0 Å². The zero-order valence-corrected chi connectivity index (χ0v) is 16.4. The summed E-state index contributed by atoms with van der Waals surface area (Å²) in [6.07, 6.45) is 5.18. The van der Waals surface area contributed by atoms with E-state index >= 15 is 0 Å². The van der Waals surface area contributed by atoms with Crippen molar-refractivity contribution in [2.24, 2.45) is 0 Å². The van der Waals surface area contributed by atoms with Crippen LogP contribution in [0, 0.1) is 6.92 Å². The van der Waals surface area contributed by atoms with Crippen molar-refractivity contribution < 1.29 is 8.42 Å². The second-order valence-electron chi connectivity index (χ2n) is 6.39. The van der Waals surface area contributed by atoms with Gasteiger partial charge in [0.2, 0.25) is 10.0 Å². The number of halogens is 1. The van der Waals surface area contributed by atoms with Crippen LogP contribution < -0.4 is 4.72 Å². The molecular formula is C20H26ClNO2S. The van der Waals surface area contributed by atoms with Gasteiger partial charge in [-0.05, 0) is 43.2 Å². The number of nitrogens with one attached hydrogen (secondary N) is 1. The van der Waals surface area contributed by atoms with Gasteiger partial charge in [-0.1, -0.05) is 74.0 Å². The Morgan fingerprint density at radius 1 is 0.960 bits per heavy atom. The fourth-order valence-electron chi connectivity index (χ4n) is 2.74. The van der Waals surface area contributed by atoms with E-state index in [2.05, 4.69) is 11.6 Å². The van der Waals surface area contributed by atoms with Crippen LogP contribution in [-0.4, -0.2) is 8.42 Å². The summed E-state index contributed by atoms with van der Waals surface area (Å²) < 4.78 is 28.4. The molecule has 0 aliphatic heterocycles. The molecule has 0 radical (unpaired) electrons. The van der Waals surface area contributed by atoms with Crippen molar-refractivity contribution in [1.29, 1.82) is 0 Å². The van der Waals surface area contributed by atoms with Crippen LogP contribution in [0.1, 0.15) is 56.2 Å². The summed E-state index contributed by atoms with van der Waals surface area (Å²) in [5, 5.41) is 0.648.